The van der Waals surface area contributed by atoms with E-state index in [-0.39, 0.29) is 18.5 Å². The van der Waals surface area contributed by atoms with E-state index < -0.39 is 23.3 Å². The highest BCUT2D eigenvalue weighted by Crippen LogP contribution is 2.29. The lowest BCUT2D eigenvalue weighted by Crippen LogP contribution is -2.23. The number of hydrogen-bond acceptors (Lipinski definition) is 5. The van der Waals surface area contributed by atoms with Crippen LogP contribution in [0.2, 0.25) is 0 Å². The minimum atomic E-state index is -1.05. The number of aliphatic carboxylic acids is 1. The van der Waals surface area contributed by atoms with Crippen LogP contribution in [0.25, 0.3) is 0 Å². The number of rotatable bonds is 19. The molecular formula is C25H42N2O5S. The Labute approximate surface area is 202 Å². The molecule has 0 spiro atoms. The third-order valence-electron chi connectivity index (χ3n) is 5.76. The summed E-state index contributed by atoms with van der Waals surface area (Å²) in [6.07, 6.45) is 16.8. The summed E-state index contributed by atoms with van der Waals surface area (Å²) in [6, 6.07) is 0. The molecule has 1 aromatic heterocycles. The Morgan fingerprint density at radius 1 is 1.03 bits per heavy atom. The van der Waals surface area contributed by atoms with E-state index in [1.54, 1.807) is 14.0 Å². The SMILES string of the molecule is CCCCCCCCCCCC/C=C\C(Sc1nc(C)c(C(=O)O)n1C)C(O)CCC(=O)O. The second-order valence-electron chi connectivity index (χ2n) is 8.67. The smallest absolute Gasteiger partial charge is 0.354 e. The molecule has 0 aliphatic carbocycles. The van der Waals surface area contributed by atoms with Crippen molar-refractivity contribution in [2.75, 3.05) is 0 Å². The second-order valence-corrected chi connectivity index (χ2v) is 9.82. The van der Waals surface area contributed by atoms with Crippen molar-refractivity contribution in [2.45, 2.75) is 114 Å². The van der Waals surface area contributed by atoms with Crippen molar-refractivity contribution in [3.63, 3.8) is 0 Å². The first-order chi connectivity index (χ1) is 15.8. The van der Waals surface area contributed by atoms with Crippen LogP contribution >= 0.6 is 11.8 Å². The number of carboxylic acids is 2. The maximum atomic E-state index is 11.5. The van der Waals surface area contributed by atoms with E-state index in [4.69, 9.17) is 5.11 Å². The Bertz CT molecular complexity index is 747. The Hall–Kier alpha value is -1.80. The van der Waals surface area contributed by atoms with Gasteiger partial charge >= 0.3 is 11.9 Å². The van der Waals surface area contributed by atoms with Gasteiger partial charge < -0.3 is 19.9 Å². The molecule has 0 fully saturated rings. The molecule has 0 bridgehead atoms. The normalized spacial score (nSPS) is 13.5. The summed E-state index contributed by atoms with van der Waals surface area (Å²) in [5.74, 6) is -2.00. The Morgan fingerprint density at radius 3 is 2.12 bits per heavy atom. The zero-order valence-electron chi connectivity index (χ0n) is 20.5. The van der Waals surface area contributed by atoms with Crippen molar-refractivity contribution in [3.05, 3.63) is 23.5 Å². The van der Waals surface area contributed by atoms with Crippen molar-refractivity contribution < 1.29 is 24.9 Å². The number of aryl methyl sites for hydroxylation is 1. The van der Waals surface area contributed by atoms with Crippen LogP contribution in [-0.4, -0.2) is 48.2 Å². The minimum absolute atomic E-state index is 0.116. The number of nitrogens with zero attached hydrogens (tertiary/aromatic N) is 2. The van der Waals surface area contributed by atoms with E-state index in [2.05, 4.69) is 11.9 Å². The van der Waals surface area contributed by atoms with Crippen molar-refractivity contribution in [3.8, 4) is 0 Å². The number of aliphatic hydroxyl groups is 1. The average Bonchev–Trinajstić information content (AvgIpc) is 3.04. The van der Waals surface area contributed by atoms with Crippen LogP contribution in [0, 0.1) is 6.92 Å². The lowest BCUT2D eigenvalue weighted by Gasteiger charge is -2.18. The number of unbranched alkanes of at least 4 members (excludes halogenated alkanes) is 10. The van der Waals surface area contributed by atoms with Gasteiger partial charge in [0.1, 0.15) is 0 Å². The summed E-state index contributed by atoms with van der Waals surface area (Å²) < 4.78 is 1.51. The number of thioether (sulfide) groups is 1. The molecule has 33 heavy (non-hydrogen) atoms. The molecule has 188 valence electrons. The topological polar surface area (TPSA) is 113 Å². The van der Waals surface area contributed by atoms with Crippen molar-refractivity contribution in [1.82, 2.24) is 9.55 Å². The van der Waals surface area contributed by atoms with E-state index >= 15 is 0 Å². The summed E-state index contributed by atoms with van der Waals surface area (Å²) in [6.45, 7) is 3.88. The maximum absolute atomic E-state index is 11.5. The fourth-order valence-corrected chi connectivity index (χ4v) is 4.96. The number of aromatic carboxylic acids is 1. The summed E-state index contributed by atoms with van der Waals surface area (Å²) in [5, 5.41) is 29.0. The second kappa shape index (κ2) is 16.8. The van der Waals surface area contributed by atoms with E-state index in [0.717, 1.165) is 12.8 Å². The first-order valence-corrected chi connectivity index (χ1v) is 13.2. The quantitative estimate of drug-likeness (QED) is 0.126. The third kappa shape index (κ3) is 11.8. The van der Waals surface area contributed by atoms with Gasteiger partial charge in [-0.15, -0.1) is 0 Å². The molecule has 0 amide bonds. The van der Waals surface area contributed by atoms with Gasteiger partial charge in [-0.1, -0.05) is 88.6 Å². The molecule has 2 atom stereocenters. The van der Waals surface area contributed by atoms with Gasteiger partial charge in [0.15, 0.2) is 10.9 Å². The van der Waals surface area contributed by atoms with Crippen LogP contribution in [0.1, 0.15) is 107 Å². The summed E-state index contributed by atoms with van der Waals surface area (Å²) in [7, 11) is 1.64. The standard InChI is InChI=1S/C25H42N2O5S/c1-4-5-6-7-8-9-10-11-12-13-14-15-16-21(20(28)17-18-22(29)30)33-25-26-19(2)23(24(31)32)27(25)3/h15-16,20-21,28H,4-14,17-18H2,1-3H3,(H,29,30)(H,31,32)/b16-15-. The fourth-order valence-electron chi connectivity index (χ4n) is 3.80. The number of hydrogen-bond donors (Lipinski definition) is 3. The number of carboxylic acid groups (broad SMARTS) is 2. The van der Waals surface area contributed by atoms with Gasteiger partial charge in [-0.3, -0.25) is 4.79 Å². The molecule has 0 radical (unpaired) electrons. The third-order valence-corrected chi connectivity index (χ3v) is 7.08. The maximum Gasteiger partial charge on any atom is 0.354 e. The Morgan fingerprint density at radius 2 is 1.61 bits per heavy atom. The van der Waals surface area contributed by atoms with Crippen LogP contribution in [-0.2, 0) is 11.8 Å². The number of imidazole rings is 1. The zero-order valence-corrected chi connectivity index (χ0v) is 21.3. The Kier molecular flexibility index (Phi) is 14.8. The fraction of sp³-hybridized carbons (Fsp3) is 0.720. The highest BCUT2D eigenvalue weighted by molar-refractivity contribution is 8.00. The Balaban J connectivity index is 2.53. The zero-order chi connectivity index (χ0) is 24.6. The first-order valence-electron chi connectivity index (χ1n) is 12.3. The van der Waals surface area contributed by atoms with Gasteiger partial charge in [-0.05, 0) is 26.2 Å². The van der Waals surface area contributed by atoms with Crippen LogP contribution < -0.4 is 0 Å². The monoisotopic (exact) mass is 482 g/mol. The molecule has 0 saturated carbocycles. The van der Waals surface area contributed by atoms with E-state index in [1.807, 2.05) is 12.2 Å². The van der Waals surface area contributed by atoms with Crippen LogP contribution in [0.15, 0.2) is 17.3 Å². The van der Waals surface area contributed by atoms with Crippen LogP contribution in [0.4, 0.5) is 0 Å². The molecule has 0 saturated heterocycles. The minimum Gasteiger partial charge on any atom is -0.481 e. The van der Waals surface area contributed by atoms with E-state index in [1.165, 1.54) is 74.1 Å². The van der Waals surface area contributed by atoms with Crippen LogP contribution in [0.5, 0.6) is 0 Å². The molecule has 3 N–H and O–H groups in total. The molecule has 0 aromatic carbocycles. The highest BCUT2D eigenvalue weighted by atomic mass is 32.2. The molecule has 0 aliphatic rings. The lowest BCUT2D eigenvalue weighted by molar-refractivity contribution is -0.137. The summed E-state index contributed by atoms with van der Waals surface area (Å²) in [4.78, 5) is 26.7. The largest absolute Gasteiger partial charge is 0.481 e. The predicted octanol–water partition coefficient (Wildman–Crippen LogP) is 5.98. The highest BCUT2D eigenvalue weighted by Gasteiger charge is 2.24. The molecule has 1 aromatic rings. The molecule has 2 unspecified atom stereocenters. The number of carbonyl (C=O) groups is 2. The van der Waals surface area contributed by atoms with Crippen molar-refractivity contribution >= 4 is 23.7 Å². The molecular weight excluding hydrogens is 440 g/mol. The number of aliphatic hydroxyl groups excluding tert-OH is 1. The number of allylic oxidation sites excluding steroid dienone is 1. The van der Waals surface area contributed by atoms with Gasteiger partial charge in [0.2, 0.25) is 0 Å². The molecule has 1 rings (SSSR count). The average molecular weight is 483 g/mol. The van der Waals surface area contributed by atoms with E-state index in [0.29, 0.717) is 10.9 Å². The van der Waals surface area contributed by atoms with Gasteiger partial charge in [-0.25, -0.2) is 9.78 Å². The van der Waals surface area contributed by atoms with Crippen LogP contribution in [0.3, 0.4) is 0 Å². The molecule has 0 aliphatic heterocycles. The number of aromatic nitrogens is 2. The lowest BCUT2D eigenvalue weighted by atomic mass is 10.1. The summed E-state index contributed by atoms with van der Waals surface area (Å²) >= 11 is 1.27. The molecule has 8 heteroatoms. The summed E-state index contributed by atoms with van der Waals surface area (Å²) in [5.41, 5.74) is 0.534. The van der Waals surface area contributed by atoms with Crippen molar-refractivity contribution in [2.24, 2.45) is 7.05 Å². The van der Waals surface area contributed by atoms with Gasteiger partial charge in [0, 0.05) is 13.5 Å². The van der Waals surface area contributed by atoms with Gasteiger partial charge in [-0.2, -0.15) is 0 Å². The predicted molar refractivity (Wildman–Crippen MR) is 133 cm³/mol. The first kappa shape index (κ1) is 29.2. The molecule has 1 heterocycles. The van der Waals surface area contributed by atoms with Gasteiger partial charge in [0.25, 0.3) is 0 Å². The molecule has 7 nitrogen and oxygen atoms in total. The van der Waals surface area contributed by atoms with Crippen molar-refractivity contribution in [1.29, 1.82) is 0 Å². The van der Waals surface area contributed by atoms with E-state index in [9.17, 15) is 19.8 Å². The van der Waals surface area contributed by atoms with Gasteiger partial charge in [0.05, 0.1) is 17.0 Å².